The first-order valence-electron chi connectivity index (χ1n) is 11.5. The summed E-state index contributed by atoms with van der Waals surface area (Å²) in [4.78, 5) is 43.3. The minimum absolute atomic E-state index is 0.147. The van der Waals surface area contributed by atoms with Crippen molar-refractivity contribution in [2.75, 3.05) is 26.1 Å². The summed E-state index contributed by atoms with van der Waals surface area (Å²) < 4.78 is 11.3. The molecule has 0 unspecified atom stereocenters. The van der Waals surface area contributed by atoms with E-state index in [1.165, 1.54) is 18.1 Å². The second-order valence-electron chi connectivity index (χ2n) is 8.21. The number of carboxylic acid groups (broad SMARTS) is 1. The highest BCUT2D eigenvalue weighted by atomic mass is 32.2. The highest BCUT2D eigenvalue weighted by molar-refractivity contribution is 8.18. The Morgan fingerprint density at radius 3 is 2.53 bits per heavy atom. The molecule has 1 fully saturated rings. The van der Waals surface area contributed by atoms with E-state index in [1.807, 2.05) is 18.2 Å². The largest absolute Gasteiger partial charge is 0.493 e. The molecule has 1 aliphatic heterocycles. The molecule has 2 N–H and O–H groups in total. The lowest BCUT2D eigenvalue weighted by Crippen LogP contribution is -2.23. The van der Waals surface area contributed by atoms with Crippen LogP contribution in [0.5, 0.6) is 11.5 Å². The predicted octanol–water partition coefficient (Wildman–Crippen LogP) is 4.95. The summed E-state index contributed by atoms with van der Waals surface area (Å²) in [5.41, 5.74) is 2.31. The van der Waals surface area contributed by atoms with Gasteiger partial charge >= 0.3 is 5.97 Å². The van der Waals surface area contributed by atoms with Crippen molar-refractivity contribution >= 4 is 52.2 Å². The van der Waals surface area contributed by atoms with E-state index < -0.39 is 5.97 Å². The first kappa shape index (κ1) is 26.5. The minimum Gasteiger partial charge on any atom is -0.493 e. The Bertz CT molecular complexity index is 1450. The van der Waals surface area contributed by atoms with Crippen LogP contribution in [-0.4, -0.2) is 53.7 Å². The summed E-state index contributed by atoms with van der Waals surface area (Å²) in [6.07, 6.45) is 1.65. The number of aromatic carboxylic acids is 1. The fraction of sp³-hybridized carbons (Fsp3) is 0.143. The maximum Gasteiger partial charge on any atom is 0.336 e. The van der Waals surface area contributed by atoms with Crippen molar-refractivity contribution in [3.8, 4) is 11.5 Å². The Labute approximate surface area is 223 Å². The zero-order valence-electron chi connectivity index (χ0n) is 20.9. The smallest absolute Gasteiger partial charge is 0.336 e. The lowest BCUT2D eigenvalue weighted by molar-refractivity contribution is -0.121. The summed E-state index contributed by atoms with van der Waals surface area (Å²) in [5, 5.41) is 12.6. The van der Waals surface area contributed by atoms with Gasteiger partial charge in [-0.05, 0) is 60.7 Å². The fourth-order valence-electron chi connectivity index (χ4n) is 3.69. The number of amidine groups is 1. The third kappa shape index (κ3) is 5.87. The van der Waals surface area contributed by atoms with Crippen LogP contribution in [0.2, 0.25) is 0 Å². The van der Waals surface area contributed by atoms with Gasteiger partial charge in [0.15, 0.2) is 23.3 Å². The number of amides is 2. The number of anilines is 1. The number of hydrogen-bond donors (Lipinski definition) is 2. The molecule has 2 amide bonds. The molecular formula is C28H25N3O6S. The van der Waals surface area contributed by atoms with Gasteiger partial charge in [0.25, 0.3) is 11.8 Å². The maximum atomic E-state index is 13.0. The lowest BCUT2D eigenvalue weighted by Gasteiger charge is -2.13. The van der Waals surface area contributed by atoms with Crippen LogP contribution in [0.15, 0.2) is 76.6 Å². The standard InChI is InChI=1S/C28H25N3O6S/c1-17-20(27(34)35)12-8-13-21(17)30-28-31(2)26(33)23(38-28)15-18-9-7-14-22(36-3)25(18)37-16-24(32)29-19-10-5-4-6-11-19/h4-15H,16H2,1-3H3,(H,29,32)(H,34,35)/b23-15-,30-28?. The number of likely N-dealkylation sites (N-methyl/N-ethyl adjacent to an activating group) is 1. The van der Waals surface area contributed by atoms with Crippen molar-refractivity contribution in [3.63, 3.8) is 0 Å². The number of para-hydroxylation sites is 2. The molecule has 0 saturated carbocycles. The van der Waals surface area contributed by atoms with Gasteiger partial charge in [0.1, 0.15) is 0 Å². The number of rotatable bonds is 8. The molecule has 194 valence electrons. The number of hydrogen-bond acceptors (Lipinski definition) is 7. The van der Waals surface area contributed by atoms with Crippen molar-refractivity contribution in [1.82, 2.24) is 4.90 Å². The lowest BCUT2D eigenvalue weighted by atomic mass is 10.1. The molecule has 0 spiro atoms. The van der Waals surface area contributed by atoms with Gasteiger partial charge in [-0.1, -0.05) is 36.4 Å². The second kappa shape index (κ2) is 11.7. The van der Waals surface area contributed by atoms with E-state index in [2.05, 4.69) is 10.3 Å². The highest BCUT2D eigenvalue weighted by Crippen LogP contribution is 2.38. The second-order valence-corrected chi connectivity index (χ2v) is 9.21. The molecule has 10 heteroatoms. The molecule has 1 aliphatic rings. The van der Waals surface area contributed by atoms with Gasteiger partial charge in [-0.3, -0.25) is 14.5 Å². The van der Waals surface area contributed by atoms with Gasteiger partial charge in [0.05, 0.1) is 23.3 Å². The molecule has 0 atom stereocenters. The van der Waals surface area contributed by atoms with Crippen LogP contribution in [-0.2, 0) is 9.59 Å². The van der Waals surface area contributed by atoms with Crippen LogP contribution >= 0.6 is 11.8 Å². The Hall–Kier alpha value is -4.57. The Balaban J connectivity index is 1.59. The van der Waals surface area contributed by atoms with Gasteiger partial charge in [-0.15, -0.1) is 0 Å². The summed E-state index contributed by atoms with van der Waals surface area (Å²) in [6, 6.07) is 19.1. The summed E-state index contributed by atoms with van der Waals surface area (Å²) >= 11 is 1.15. The van der Waals surface area contributed by atoms with E-state index in [-0.39, 0.29) is 24.0 Å². The number of carboxylic acids is 1. The quantitative estimate of drug-likeness (QED) is 0.395. The third-order valence-electron chi connectivity index (χ3n) is 5.68. The van der Waals surface area contributed by atoms with Crippen LogP contribution in [0.25, 0.3) is 6.08 Å². The molecule has 0 radical (unpaired) electrons. The van der Waals surface area contributed by atoms with Crippen molar-refractivity contribution in [3.05, 3.63) is 88.3 Å². The molecule has 3 aromatic carbocycles. The van der Waals surface area contributed by atoms with E-state index in [4.69, 9.17) is 9.47 Å². The zero-order valence-corrected chi connectivity index (χ0v) is 21.7. The van der Waals surface area contributed by atoms with Crippen LogP contribution in [0, 0.1) is 6.92 Å². The number of carbonyl (C=O) groups excluding carboxylic acids is 2. The van der Waals surface area contributed by atoms with Gasteiger partial charge in [0.2, 0.25) is 0 Å². The van der Waals surface area contributed by atoms with E-state index in [0.29, 0.717) is 44.1 Å². The monoisotopic (exact) mass is 531 g/mol. The number of thioether (sulfide) groups is 1. The Morgan fingerprint density at radius 1 is 1.08 bits per heavy atom. The molecule has 38 heavy (non-hydrogen) atoms. The Morgan fingerprint density at radius 2 is 1.82 bits per heavy atom. The summed E-state index contributed by atoms with van der Waals surface area (Å²) in [7, 11) is 3.09. The van der Waals surface area contributed by atoms with Crippen molar-refractivity contribution in [1.29, 1.82) is 0 Å². The first-order chi connectivity index (χ1) is 18.3. The molecule has 9 nitrogen and oxygen atoms in total. The van der Waals surface area contributed by atoms with Crippen LogP contribution < -0.4 is 14.8 Å². The van der Waals surface area contributed by atoms with Crippen LogP contribution in [0.1, 0.15) is 21.5 Å². The molecule has 1 heterocycles. The van der Waals surface area contributed by atoms with Crippen LogP contribution in [0.4, 0.5) is 11.4 Å². The van der Waals surface area contributed by atoms with Crippen molar-refractivity contribution in [2.24, 2.45) is 4.99 Å². The topological polar surface area (TPSA) is 118 Å². The molecule has 0 aromatic heterocycles. The fourth-order valence-corrected chi connectivity index (χ4v) is 4.66. The summed E-state index contributed by atoms with van der Waals surface area (Å²) in [5.74, 6) is -0.948. The van der Waals surface area contributed by atoms with Crippen LogP contribution in [0.3, 0.4) is 0 Å². The minimum atomic E-state index is -1.04. The third-order valence-corrected chi connectivity index (χ3v) is 6.74. The number of methoxy groups -OCH3 is 1. The average molecular weight is 532 g/mol. The number of nitrogens with one attached hydrogen (secondary N) is 1. The molecule has 4 rings (SSSR count). The number of aliphatic imine (C=N–C) groups is 1. The van der Waals surface area contributed by atoms with E-state index in [1.54, 1.807) is 62.5 Å². The molecule has 1 saturated heterocycles. The number of carbonyl (C=O) groups is 3. The van der Waals surface area contributed by atoms with E-state index in [0.717, 1.165) is 11.8 Å². The normalized spacial score (nSPS) is 15.1. The van der Waals surface area contributed by atoms with Gasteiger partial charge in [0, 0.05) is 18.3 Å². The molecule has 3 aromatic rings. The number of benzene rings is 3. The Kier molecular flexibility index (Phi) is 8.12. The van der Waals surface area contributed by atoms with Gasteiger partial charge in [-0.2, -0.15) is 0 Å². The number of ether oxygens (including phenoxy) is 2. The van der Waals surface area contributed by atoms with Crippen molar-refractivity contribution in [2.45, 2.75) is 6.92 Å². The molecule has 0 bridgehead atoms. The zero-order chi connectivity index (χ0) is 27.2. The van der Waals surface area contributed by atoms with E-state index in [9.17, 15) is 19.5 Å². The molecule has 0 aliphatic carbocycles. The predicted molar refractivity (Wildman–Crippen MR) is 147 cm³/mol. The highest BCUT2D eigenvalue weighted by Gasteiger charge is 2.31. The maximum absolute atomic E-state index is 13.0. The molecular weight excluding hydrogens is 506 g/mol. The van der Waals surface area contributed by atoms with Crippen molar-refractivity contribution < 1.29 is 29.0 Å². The van der Waals surface area contributed by atoms with E-state index >= 15 is 0 Å². The summed E-state index contributed by atoms with van der Waals surface area (Å²) in [6.45, 7) is 1.41. The average Bonchev–Trinajstić information content (AvgIpc) is 3.16. The SMILES string of the molecule is COc1cccc(/C=C2\SC(=Nc3cccc(C(=O)O)c3C)N(C)C2=O)c1OCC(=O)Nc1ccccc1. The number of nitrogens with zero attached hydrogens (tertiary/aromatic N) is 2. The first-order valence-corrected chi connectivity index (χ1v) is 12.3. The van der Waals surface area contributed by atoms with Gasteiger partial charge < -0.3 is 19.9 Å². The van der Waals surface area contributed by atoms with Gasteiger partial charge in [-0.25, -0.2) is 9.79 Å².